The van der Waals surface area contributed by atoms with E-state index >= 15 is 0 Å². The number of carboxylic acid groups (broad SMARTS) is 1. The van der Waals surface area contributed by atoms with Crippen LogP contribution in [0, 0.1) is 23.0 Å². The summed E-state index contributed by atoms with van der Waals surface area (Å²) < 4.78 is 5.23. The van der Waals surface area contributed by atoms with Gasteiger partial charge in [0.05, 0.1) is 29.7 Å². The Hall–Kier alpha value is -2.15. The lowest BCUT2D eigenvalue weighted by atomic mass is 10.0. The molecule has 0 aromatic heterocycles. The number of rotatable bonds is 4. The van der Waals surface area contributed by atoms with E-state index in [1.165, 1.54) is 6.07 Å². The Morgan fingerprint density at radius 2 is 2.20 bits per heavy atom. The van der Waals surface area contributed by atoms with Crippen molar-refractivity contribution in [2.75, 3.05) is 25.2 Å². The molecule has 0 saturated carbocycles. The molecule has 2 rings (SSSR count). The molecule has 0 spiro atoms. The lowest BCUT2D eigenvalue weighted by Crippen LogP contribution is -2.41. The number of likely N-dealkylation sites (N-methyl/N-ethyl adjacent to an activating group) is 1. The van der Waals surface area contributed by atoms with Crippen LogP contribution in [-0.2, 0) is 9.53 Å². The molecule has 2 atom stereocenters. The number of anilines is 1. The topological polar surface area (TPSA) is 92.9 Å². The molecule has 108 valence electrons. The van der Waals surface area contributed by atoms with Crippen molar-refractivity contribution >= 4 is 17.3 Å². The fourth-order valence-corrected chi connectivity index (χ4v) is 2.53. The predicted octanol–water partition coefficient (Wildman–Crippen LogP) is 1.44. The molecule has 7 nitrogen and oxygen atoms in total. The van der Waals surface area contributed by atoms with Gasteiger partial charge < -0.3 is 14.7 Å². The maximum absolute atomic E-state index is 11.2. The summed E-state index contributed by atoms with van der Waals surface area (Å²) in [6.45, 7) is 2.13. The molecule has 1 N–H and O–H groups in total. The van der Waals surface area contributed by atoms with Gasteiger partial charge in [0.25, 0.3) is 5.69 Å². The molecule has 2 unspecified atom stereocenters. The maximum atomic E-state index is 11.2. The van der Waals surface area contributed by atoms with Crippen molar-refractivity contribution in [2.45, 2.75) is 13.0 Å². The first-order valence-electron chi connectivity index (χ1n) is 6.21. The molecule has 0 bridgehead atoms. The van der Waals surface area contributed by atoms with Crippen molar-refractivity contribution < 1.29 is 19.6 Å². The van der Waals surface area contributed by atoms with Gasteiger partial charge >= 0.3 is 5.97 Å². The van der Waals surface area contributed by atoms with Crippen LogP contribution in [0.3, 0.4) is 0 Å². The minimum absolute atomic E-state index is 0.0279. The molecule has 0 amide bonds. The average molecular weight is 280 g/mol. The van der Waals surface area contributed by atoms with Crippen LogP contribution in [-0.4, -0.2) is 42.3 Å². The molecule has 1 saturated heterocycles. The standard InChI is InChI=1S/C13H16N2O5/c1-8-10(4-3-5-11(8)15(18)19)14(2)12-7-20-6-9(12)13(16)17/h3-5,9,12H,6-7H2,1-2H3,(H,16,17). The molecule has 1 fully saturated rings. The summed E-state index contributed by atoms with van der Waals surface area (Å²) in [6, 6.07) is 4.46. The summed E-state index contributed by atoms with van der Waals surface area (Å²) in [5.41, 5.74) is 1.21. The zero-order valence-corrected chi connectivity index (χ0v) is 11.3. The Labute approximate surface area is 115 Å². The van der Waals surface area contributed by atoms with Crippen LogP contribution in [0.2, 0.25) is 0 Å². The largest absolute Gasteiger partial charge is 0.481 e. The van der Waals surface area contributed by atoms with Crippen LogP contribution >= 0.6 is 0 Å². The van der Waals surface area contributed by atoms with Crippen LogP contribution in [0.4, 0.5) is 11.4 Å². The highest BCUT2D eigenvalue weighted by molar-refractivity contribution is 5.73. The molecule has 7 heteroatoms. The highest BCUT2D eigenvalue weighted by atomic mass is 16.6. The Kier molecular flexibility index (Phi) is 3.89. The number of hydrogen-bond acceptors (Lipinski definition) is 5. The molecule has 1 heterocycles. The van der Waals surface area contributed by atoms with Gasteiger partial charge in [-0.2, -0.15) is 0 Å². The fraction of sp³-hybridized carbons (Fsp3) is 0.462. The predicted molar refractivity (Wildman–Crippen MR) is 72.0 cm³/mol. The van der Waals surface area contributed by atoms with Gasteiger partial charge in [0, 0.05) is 18.8 Å². The van der Waals surface area contributed by atoms with Gasteiger partial charge in [-0.1, -0.05) is 6.07 Å². The first-order chi connectivity index (χ1) is 9.43. The van der Waals surface area contributed by atoms with E-state index in [4.69, 9.17) is 4.74 Å². The molecule has 20 heavy (non-hydrogen) atoms. The van der Waals surface area contributed by atoms with E-state index in [0.717, 1.165) is 0 Å². The smallest absolute Gasteiger partial charge is 0.311 e. The minimum Gasteiger partial charge on any atom is -0.481 e. The fourth-order valence-electron chi connectivity index (χ4n) is 2.53. The summed E-state index contributed by atoms with van der Waals surface area (Å²) in [4.78, 5) is 23.5. The second-order valence-electron chi connectivity index (χ2n) is 4.84. The number of hydrogen-bond donors (Lipinski definition) is 1. The van der Waals surface area contributed by atoms with Crippen molar-refractivity contribution in [3.8, 4) is 0 Å². The third-order valence-corrected chi connectivity index (χ3v) is 3.72. The highest BCUT2D eigenvalue weighted by Crippen LogP contribution is 2.31. The van der Waals surface area contributed by atoms with Crippen LogP contribution < -0.4 is 4.90 Å². The SMILES string of the molecule is Cc1c(N(C)C2COCC2C(=O)O)cccc1[N+](=O)[O-]. The quantitative estimate of drug-likeness (QED) is 0.662. The van der Waals surface area contributed by atoms with Crippen molar-refractivity contribution in [2.24, 2.45) is 5.92 Å². The van der Waals surface area contributed by atoms with E-state index in [2.05, 4.69) is 0 Å². The second-order valence-corrected chi connectivity index (χ2v) is 4.84. The number of nitro benzene ring substituents is 1. The maximum Gasteiger partial charge on any atom is 0.311 e. The van der Waals surface area contributed by atoms with Gasteiger partial charge in [-0.25, -0.2) is 0 Å². The molecule has 1 aliphatic heterocycles. The van der Waals surface area contributed by atoms with Crippen molar-refractivity contribution in [1.29, 1.82) is 0 Å². The summed E-state index contributed by atoms with van der Waals surface area (Å²) in [6.07, 6.45) is 0. The van der Waals surface area contributed by atoms with Crippen molar-refractivity contribution in [3.63, 3.8) is 0 Å². The summed E-state index contributed by atoms with van der Waals surface area (Å²) in [5, 5.41) is 20.1. The van der Waals surface area contributed by atoms with Gasteiger partial charge in [0.15, 0.2) is 0 Å². The molecular weight excluding hydrogens is 264 g/mol. The molecule has 1 aromatic carbocycles. The molecule has 0 aliphatic carbocycles. The number of nitro groups is 1. The number of carboxylic acids is 1. The first kappa shape index (κ1) is 14.3. The Balaban J connectivity index is 2.34. The molecular formula is C13H16N2O5. The average Bonchev–Trinajstić information content (AvgIpc) is 2.87. The minimum atomic E-state index is -0.914. The van der Waals surface area contributed by atoms with E-state index < -0.39 is 16.8 Å². The first-order valence-corrected chi connectivity index (χ1v) is 6.21. The van der Waals surface area contributed by atoms with Crippen LogP contribution in [0.5, 0.6) is 0 Å². The number of carbonyl (C=O) groups is 1. The van der Waals surface area contributed by atoms with Gasteiger partial charge in [0.1, 0.15) is 5.92 Å². The van der Waals surface area contributed by atoms with Gasteiger partial charge in [-0.05, 0) is 13.0 Å². The van der Waals surface area contributed by atoms with Crippen molar-refractivity contribution in [3.05, 3.63) is 33.9 Å². The number of ether oxygens (including phenoxy) is 1. The van der Waals surface area contributed by atoms with Crippen molar-refractivity contribution in [1.82, 2.24) is 0 Å². The van der Waals surface area contributed by atoms with Gasteiger partial charge in [-0.3, -0.25) is 14.9 Å². The lowest BCUT2D eigenvalue weighted by Gasteiger charge is -2.29. The van der Waals surface area contributed by atoms with E-state index in [1.54, 1.807) is 31.0 Å². The van der Waals surface area contributed by atoms with E-state index in [1.807, 2.05) is 0 Å². The normalized spacial score (nSPS) is 21.7. The van der Waals surface area contributed by atoms with E-state index in [9.17, 15) is 20.0 Å². The van der Waals surface area contributed by atoms with Gasteiger partial charge in [-0.15, -0.1) is 0 Å². The summed E-state index contributed by atoms with van der Waals surface area (Å²) >= 11 is 0. The summed E-state index contributed by atoms with van der Waals surface area (Å²) in [7, 11) is 1.74. The monoisotopic (exact) mass is 280 g/mol. The Bertz CT molecular complexity index is 546. The van der Waals surface area contributed by atoms with Crippen LogP contribution in [0.1, 0.15) is 5.56 Å². The Morgan fingerprint density at radius 1 is 1.50 bits per heavy atom. The number of benzene rings is 1. The third-order valence-electron chi connectivity index (χ3n) is 3.72. The molecule has 1 aromatic rings. The Morgan fingerprint density at radius 3 is 2.80 bits per heavy atom. The van der Waals surface area contributed by atoms with E-state index in [-0.39, 0.29) is 18.3 Å². The number of nitrogens with zero attached hydrogens (tertiary/aromatic N) is 2. The van der Waals surface area contributed by atoms with Gasteiger partial charge in [0.2, 0.25) is 0 Å². The second kappa shape index (κ2) is 5.46. The third kappa shape index (κ3) is 2.44. The molecule has 0 radical (unpaired) electrons. The lowest BCUT2D eigenvalue weighted by molar-refractivity contribution is -0.385. The highest BCUT2D eigenvalue weighted by Gasteiger charge is 2.37. The number of aliphatic carboxylic acids is 1. The zero-order valence-electron chi connectivity index (χ0n) is 11.3. The van der Waals surface area contributed by atoms with Crippen LogP contribution in [0.25, 0.3) is 0 Å². The van der Waals surface area contributed by atoms with Crippen LogP contribution in [0.15, 0.2) is 18.2 Å². The summed E-state index contributed by atoms with van der Waals surface area (Å²) in [5.74, 6) is -1.54. The zero-order chi connectivity index (χ0) is 14.9. The van der Waals surface area contributed by atoms with E-state index in [0.29, 0.717) is 17.9 Å². The molecule has 1 aliphatic rings.